The second-order valence-corrected chi connectivity index (χ2v) is 6.16. The van der Waals surface area contributed by atoms with E-state index in [0.717, 1.165) is 16.2 Å². The molecule has 0 saturated heterocycles. The van der Waals surface area contributed by atoms with E-state index in [9.17, 15) is 0 Å². The third kappa shape index (κ3) is 2.12. The summed E-state index contributed by atoms with van der Waals surface area (Å²) in [7, 11) is 1.60. The van der Waals surface area contributed by atoms with Gasteiger partial charge in [-0.1, -0.05) is 0 Å². The standard InChI is InChI=1S/C13H14N4OS2/c1-7-6-14-12(20-7)8(2)17-11-9(15-13(17)19)4-5-10(16-11)18-3/h4-6,8H,1-3H3,(H,15,19). The Morgan fingerprint density at radius 2 is 2.25 bits per heavy atom. The smallest absolute Gasteiger partial charge is 0.215 e. The number of ether oxygens (including phenoxy) is 1. The Labute approximate surface area is 125 Å². The van der Waals surface area contributed by atoms with Crippen LogP contribution in [0.4, 0.5) is 0 Å². The molecular formula is C13H14N4OS2. The first-order valence-corrected chi connectivity index (χ1v) is 7.40. The van der Waals surface area contributed by atoms with Crippen molar-refractivity contribution in [2.75, 3.05) is 7.11 Å². The Morgan fingerprint density at radius 3 is 2.90 bits per heavy atom. The highest BCUT2D eigenvalue weighted by Crippen LogP contribution is 2.27. The predicted octanol–water partition coefficient (Wildman–Crippen LogP) is 3.48. The average Bonchev–Trinajstić information content (AvgIpc) is 3.00. The summed E-state index contributed by atoms with van der Waals surface area (Å²) < 4.78 is 7.81. The van der Waals surface area contributed by atoms with Gasteiger partial charge in [0.05, 0.1) is 18.7 Å². The van der Waals surface area contributed by atoms with Gasteiger partial charge in [-0.3, -0.25) is 4.57 Å². The summed E-state index contributed by atoms with van der Waals surface area (Å²) in [6.45, 7) is 4.12. The topological polar surface area (TPSA) is 55.7 Å². The molecule has 0 saturated carbocycles. The maximum atomic E-state index is 5.42. The van der Waals surface area contributed by atoms with E-state index in [1.54, 1.807) is 18.4 Å². The van der Waals surface area contributed by atoms with E-state index in [4.69, 9.17) is 17.0 Å². The number of imidazole rings is 1. The van der Waals surface area contributed by atoms with Crippen molar-refractivity contribution in [2.24, 2.45) is 0 Å². The molecule has 0 aliphatic rings. The molecule has 1 atom stereocenters. The number of hydrogen-bond donors (Lipinski definition) is 1. The van der Waals surface area contributed by atoms with Crippen molar-refractivity contribution in [1.29, 1.82) is 0 Å². The normalized spacial score (nSPS) is 12.8. The minimum Gasteiger partial charge on any atom is -0.481 e. The van der Waals surface area contributed by atoms with Crippen molar-refractivity contribution in [3.63, 3.8) is 0 Å². The van der Waals surface area contributed by atoms with Gasteiger partial charge >= 0.3 is 0 Å². The molecule has 0 amide bonds. The first-order valence-electron chi connectivity index (χ1n) is 6.17. The van der Waals surface area contributed by atoms with Gasteiger partial charge in [0, 0.05) is 17.1 Å². The number of aromatic amines is 1. The van der Waals surface area contributed by atoms with Crippen molar-refractivity contribution >= 4 is 34.7 Å². The number of thiazole rings is 1. The van der Waals surface area contributed by atoms with Crippen LogP contribution >= 0.6 is 23.6 Å². The lowest BCUT2D eigenvalue weighted by molar-refractivity contribution is 0.398. The largest absolute Gasteiger partial charge is 0.481 e. The summed E-state index contributed by atoms with van der Waals surface area (Å²) in [5.74, 6) is 0.572. The van der Waals surface area contributed by atoms with Gasteiger partial charge in [0.15, 0.2) is 10.4 Å². The third-order valence-corrected chi connectivity index (χ3v) is 4.51. The molecule has 104 valence electrons. The molecule has 0 aliphatic carbocycles. The zero-order valence-corrected chi connectivity index (χ0v) is 13.0. The van der Waals surface area contributed by atoms with Gasteiger partial charge in [-0.15, -0.1) is 11.3 Å². The second-order valence-electron chi connectivity index (χ2n) is 4.51. The maximum absolute atomic E-state index is 5.42. The van der Waals surface area contributed by atoms with Crippen LogP contribution in [0.25, 0.3) is 11.2 Å². The lowest BCUT2D eigenvalue weighted by Crippen LogP contribution is -2.07. The van der Waals surface area contributed by atoms with Gasteiger partial charge in [0.25, 0.3) is 0 Å². The van der Waals surface area contributed by atoms with E-state index in [-0.39, 0.29) is 6.04 Å². The van der Waals surface area contributed by atoms with Crippen LogP contribution in [0.5, 0.6) is 5.88 Å². The van der Waals surface area contributed by atoms with Crippen LogP contribution in [0, 0.1) is 11.7 Å². The van der Waals surface area contributed by atoms with Crippen molar-refractivity contribution in [2.45, 2.75) is 19.9 Å². The Kier molecular flexibility index (Phi) is 3.31. The first kappa shape index (κ1) is 13.3. The summed E-state index contributed by atoms with van der Waals surface area (Å²) in [5, 5.41) is 1.02. The molecule has 5 nitrogen and oxygen atoms in total. The van der Waals surface area contributed by atoms with E-state index in [0.29, 0.717) is 10.7 Å². The van der Waals surface area contributed by atoms with Crippen LogP contribution in [0.1, 0.15) is 22.9 Å². The summed E-state index contributed by atoms with van der Waals surface area (Å²) >= 11 is 7.09. The van der Waals surface area contributed by atoms with Gasteiger partial charge in [-0.25, -0.2) is 4.98 Å². The van der Waals surface area contributed by atoms with Gasteiger partial charge < -0.3 is 9.72 Å². The number of fused-ring (bicyclic) bond motifs is 1. The molecule has 3 aromatic heterocycles. The number of rotatable bonds is 3. The SMILES string of the molecule is COc1ccc2[nH]c(=S)n(C(C)c3ncc(C)s3)c2n1. The predicted molar refractivity (Wildman–Crippen MR) is 82.1 cm³/mol. The average molecular weight is 306 g/mol. The molecule has 3 rings (SSSR count). The van der Waals surface area contributed by atoms with Gasteiger partial charge in [-0.05, 0) is 32.1 Å². The zero-order valence-electron chi connectivity index (χ0n) is 11.4. The Balaban J connectivity index is 2.19. The highest BCUT2D eigenvalue weighted by molar-refractivity contribution is 7.71. The lowest BCUT2D eigenvalue weighted by atomic mass is 10.3. The summed E-state index contributed by atoms with van der Waals surface area (Å²) in [6.07, 6.45) is 1.88. The molecule has 1 unspecified atom stereocenters. The molecule has 20 heavy (non-hydrogen) atoms. The minimum atomic E-state index is 0.0366. The van der Waals surface area contributed by atoms with Crippen LogP contribution in [0.2, 0.25) is 0 Å². The maximum Gasteiger partial charge on any atom is 0.215 e. The van der Waals surface area contributed by atoms with Crippen LogP contribution < -0.4 is 4.74 Å². The molecule has 0 radical (unpaired) electrons. The molecule has 0 bridgehead atoms. The fourth-order valence-corrected chi connectivity index (χ4v) is 3.30. The van der Waals surface area contributed by atoms with E-state index in [1.807, 2.05) is 29.8 Å². The Hall–Kier alpha value is -1.73. The lowest BCUT2D eigenvalue weighted by Gasteiger charge is -2.11. The summed E-state index contributed by atoms with van der Waals surface area (Å²) in [6, 6.07) is 3.78. The molecule has 3 aromatic rings. The fraction of sp³-hybridized carbons (Fsp3) is 0.308. The molecule has 3 heterocycles. The monoisotopic (exact) mass is 306 g/mol. The molecule has 0 aromatic carbocycles. The van der Waals surface area contributed by atoms with Crippen molar-refractivity contribution in [1.82, 2.24) is 19.5 Å². The van der Waals surface area contributed by atoms with Crippen LogP contribution in [-0.4, -0.2) is 26.6 Å². The number of H-pyrrole nitrogens is 1. The van der Waals surface area contributed by atoms with Gasteiger partial charge in [0.2, 0.25) is 5.88 Å². The summed E-state index contributed by atoms with van der Waals surface area (Å²) in [4.78, 5) is 13.3. The van der Waals surface area contributed by atoms with Crippen molar-refractivity contribution < 1.29 is 4.74 Å². The summed E-state index contributed by atoms with van der Waals surface area (Å²) in [5.41, 5.74) is 1.69. The number of nitrogens with one attached hydrogen (secondary N) is 1. The van der Waals surface area contributed by atoms with Crippen LogP contribution in [-0.2, 0) is 0 Å². The number of aryl methyl sites for hydroxylation is 1. The second kappa shape index (κ2) is 4.99. The molecule has 7 heteroatoms. The highest BCUT2D eigenvalue weighted by atomic mass is 32.1. The molecule has 0 aliphatic heterocycles. The van der Waals surface area contributed by atoms with Gasteiger partial charge in [0.1, 0.15) is 5.01 Å². The number of aromatic nitrogens is 4. The van der Waals surface area contributed by atoms with E-state index in [1.165, 1.54) is 4.88 Å². The Morgan fingerprint density at radius 1 is 1.45 bits per heavy atom. The first-order chi connectivity index (χ1) is 9.60. The van der Waals surface area contributed by atoms with Crippen molar-refractivity contribution in [3.8, 4) is 5.88 Å². The fourth-order valence-electron chi connectivity index (χ4n) is 2.13. The molecule has 0 spiro atoms. The highest BCUT2D eigenvalue weighted by Gasteiger charge is 2.17. The molecule has 0 fully saturated rings. The number of hydrogen-bond acceptors (Lipinski definition) is 5. The number of methoxy groups -OCH3 is 1. The number of nitrogens with zero attached hydrogens (tertiary/aromatic N) is 3. The molecular weight excluding hydrogens is 292 g/mol. The minimum absolute atomic E-state index is 0.0366. The van der Waals surface area contributed by atoms with Gasteiger partial charge in [-0.2, -0.15) is 4.98 Å². The van der Waals surface area contributed by atoms with Crippen LogP contribution in [0.3, 0.4) is 0 Å². The Bertz CT molecular complexity index is 817. The van der Waals surface area contributed by atoms with E-state index < -0.39 is 0 Å². The number of pyridine rings is 1. The molecule has 1 N–H and O–H groups in total. The third-order valence-electron chi connectivity index (χ3n) is 3.13. The van der Waals surface area contributed by atoms with E-state index >= 15 is 0 Å². The van der Waals surface area contributed by atoms with Crippen LogP contribution in [0.15, 0.2) is 18.3 Å². The van der Waals surface area contributed by atoms with Crippen molar-refractivity contribution in [3.05, 3.63) is 33.0 Å². The zero-order chi connectivity index (χ0) is 14.3. The quantitative estimate of drug-likeness (QED) is 0.753. The van der Waals surface area contributed by atoms with E-state index in [2.05, 4.69) is 21.9 Å².